The van der Waals surface area contributed by atoms with Crippen LogP contribution in [-0.4, -0.2) is 18.0 Å². The fraction of sp³-hybridized carbons (Fsp3) is 0.100. The highest BCUT2D eigenvalue weighted by Crippen LogP contribution is 2.21. The first kappa shape index (κ1) is 10.6. The summed E-state index contributed by atoms with van der Waals surface area (Å²) in [5, 5.41) is 11.9. The predicted octanol–water partition coefficient (Wildman–Crippen LogP) is 2.71. The van der Waals surface area contributed by atoms with Gasteiger partial charge in [-0.3, -0.25) is 0 Å². The van der Waals surface area contributed by atoms with Crippen LogP contribution in [0.15, 0.2) is 36.0 Å². The third kappa shape index (κ3) is 2.78. The van der Waals surface area contributed by atoms with Gasteiger partial charge in [-0.25, -0.2) is 0 Å². The first-order valence-electron chi connectivity index (χ1n) is 3.98. The quantitative estimate of drug-likeness (QED) is 0.360. The van der Waals surface area contributed by atoms with Gasteiger partial charge in [0.2, 0.25) is 0 Å². The number of benzene rings is 1. The van der Waals surface area contributed by atoms with Gasteiger partial charge in [-0.1, -0.05) is 29.4 Å². The smallest absolute Gasteiger partial charge is 0.128 e. The minimum absolute atomic E-state index is 0.397. The number of rotatable bonds is 4. The summed E-state index contributed by atoms with van der Waals surface area (Å²) in [4.78, 5) is 0. The maximum absolute atomic E-state index is 8.41. The number of ether oxygens (including phenoxy) is 1. The summed E-state index contributed by atoms with van der Waals surface area (Å²) in [5.74, 6) is 0.604. The van der Waals surface area contributed by atoms with Crippen molar-refractivity contribution in [2.45, 2.75) is 0 Å². The minimum atomic E-state index is 0.397. The van der Waals surface area contributed by atoms with Crippen molar-refractivity contribution in [2.75, 3.05) is 6.61 Å². The molecule has 0 aromatic heterocycles. The molecular weight excluding hydrogens is 202 g/mol. The Labute approximate surface area is 87.3 Å². The molecule has 0 aliphatic rings. The molecule has 0 saturated heterocycles. The molecule has 1 aromatic carbocycles. The molecule has 0 atom stereocenters. The molecule has 0 unspecified atom stereocenters. The van der Waals surface area contributed by atoms with Gasteiger partial charge in [0.25, 0.3) is 0 Å². The van der Waals surface area contributed by atoms with Crippen LogP contribution in [0.1, 0.15) is 5.56 Å². The van der Waals surface area contributed by atoms with Gasteiger partial charge in [-0.15, -0.1) is 0 Å². The van der Waals surface area contributed by atoms with E-state index in [1.54, 1.807) is 24.3 Å². The van der Waals surface area contributed by atoms with E-state index in [9.17, 15) is 0 Å². The van der Waals surface area contributed by atoms with Crippen molar-refractivity contribution in [1.29, 1.82) is 0 Å². The van der Waals surface area contributed by atoms with Crippen LogP contribution < -0.4 is 4.74 Å². The van der Waals surface area contributed by atoms with Crippen LogP contribution in [0.5, 0.6) is 5.75 Å². The maximum atomic E-state index is 8.41. The van der Waals surface area contributed by atoms with Crippen LogP contribution in [0.2, 0.25) is 5.02 Å². The van der Waals surface area contributed by atoms with Crippen LogP contribution in [0.4, 0.5) is 0 Å². The number of halogens is 1. The Hall–Kier alpha value is -1.48. The van der Waals surface area contributed by atoms with E-state index < -0.39 is 0 Å². The zero-order valence-corrected chi connectivity index (χ0v) is 8.24. The van der Waals surface area contributed by atoms with Gasteiger partial charge in [0.1, 0.15) is 12.4 Å². The zero-order valence-electron chi connectivity index (χ0n) is 7.48. The highest BCUT2D eigenvalue weighted by molar-refractivity contribution is 6.30. The second-order valence-electron chi connectivity index (χ2n) is 2.53. The molecule has 0 heterocycles. The molecule has 0 radical (unpaired) electrons. The topological polar surface area (TPSA) is 41.8 Å². The van der Waals surface area contributed by atoms with Gasteiger partial charge in [0.05, 0.1) is 6.21 Å². The summed E-state index contributed by atoms with van der Waals surface area (Å²) >= 11 is 5.77. The normalized spacial score (nSPS) is 10.4. The van der Waals surface area contributed by atoms with Crippen molar-refractivity contribution in [3.05, 3.63) is 41.4 Å². The molecule has 74 valence electrons. The standard InChI is InChI=1S/C10H10ClNO2/c1-2-5-14-10-4-3-9(11)6-8(10)7-12-13/h2-4,6-7,13H,1,5H2/b12-7-. The molecule has 0 fully saturated rings. The van der Waals surface area contributed by atoms with E-state index in [1.807, 2.05) is 0 Å². The van der Waals surface area contributed by atoms with E-state index in [4.69, 9.17) is 21.5 Å². The van der Waals surface area contributed by atoms with Gasteiger partial charge in [-0.05, 0) is 18.2 Å². The lowest BCUT2D eigenvalue weighted by molar-refractivity contribution is 0.321. The van der Waals surface area contributed by atoms with E-state index in [1.165, 1.54) is 6.21 Å². The van der Waals surface area contributed by atoms with Gasteiger partial charge in [0.15, 0.2) is 0 Å². The van der Waals surface area contributed by atoms with Crippen molar-refractivity contribution in [2.24, 2.45) is 5.16 Å². The Morgan fingerprint density at radius 2 is 2.36 bits per heavy atom. The molecule has 0 amide bonds. The Kier molecular flexibility index (Phi) is 4.01. The fourth-order valence-electron chi connectivity index (χ4n) is 0.963. The van der Waals surface area contributed by atoms with Crippen LogP contribution in [0.3, 0.4) is 0 Å². The minimum Gasteiger partial charge on any atom is -0.489 e. The lowest BCUT2D eigenvalue weighted by Crippen LogP contribution is -1.96. The summed E-state index contributed by atoms with van der Waals surface area (Å²) in [6, 6.07) is 5.07. The number of hydrogen-bond donors (Lipinski definition) is 1. The third-order valence-electron chi connectivity index (χ3n) is 1.53. The highest BCUT2D eigenvalue weighted by Gasteiger charge is 2.01. The van der Waals surface area contributed by atoms with E-state index in [-0.39, 0.29) is 0 Å². The summed E-state index contributed by atoms with van der Waals surface area (Å²) < 4.78 is 5.31. The van der Waals surface area contributed by atoms with Gasteiger partial charge < -0.3 is 9.94 Å². The maximum Gasteiger partial charge on any atom is 0.128 e. The van der Waals surface area contributed by atoms with E-state index in [0.717, 1.165) is 0 Å². The fourth-order valence-corrected chi connectivity index (χ4v) is 1.14. The second kappa shape index (κ2) is 5.29. The third-order valence-corrected chi connectivity index (χ3v) is 1.76. The second-order valence-corrected chi connectivity index (χ2v) is 2.96. The molecule has 14 heavy (non-hydrogen) atoms. The Bertz CT molecular complexity index is 350. The van der Waals surface area contributed by atoms with Crippen molar-refractivity contribution in [3.63, 3.8) is 0 Å². The van der Waals surface area contributed by atoms with Crippen LogP contribution in [0, 0.1) is 0 Å². The Morgan fingerprint density at radius 1 is 1.57 bits per heavy atom. The van der Waals surface area contributed by atoms with Gasteiger partial charge >= 0.3 is 0 Å². The first-order chi connectivity index (χ1) is 6.77. The van der Waals surface area contributed by atoms with Crippen LogP contribution >= 0.6 is 11.6 Å². The molecule has 0 saturated carbocycles. The largest absolute Gasteiger partial charge is 0.489 e. The van der Waals surface area contributed by atoms with E-state index in [2.05, 4.69) is 11.7 Å². The van der Waals surface area contributed by atoms with Gasteiger partial charge in [0, 0.05) is 10.6 Å². The number of oxime groups is 1. The summed E-state index contributed by atoms with van der Waals surface area (Å²) in [5.41, 5.74) is 0.627. The van der Waals surface area contributed by atoms with E-state index in [0.29, 0.717) is 22.9 Å². The predicted molar refractivity (Wildman–Crippen MR) is 56.5 cm³/mol. The lowest BCUT2D eigenvalue weighted by Gasteiger charge is -2.06. The molecule has 0 bridgehead atoms. The number of nitrogens with zero attached hydrogens (tertiary/aromatic N) is 1. The number of hydrogen-bond acceptors (Lipinski definition) is 3. The lowest BCUT2D eigenvalue weighted by atomic mass is 10.2. The summed E-state index contributed by atoms with van der Waals surface area (Å²) in [6.07, 6.45) is 2.90. The van der Waals surface area contributed by atoms with E-state index >= 15 is 0 Å². The summed E-state index contributed by atoms with van der Waals surface area (Å²) in [7, 11) is 0. The highest BCUT2D eigenvalue weighted by atomic mass is 35.5. The average Bonchev–Trinajstić information content (AvgIpc) is 2.17. The molecular formula is C10H10ClNO2. The molecule has 1 rings (SSSR count). The molecule has 0 aliphatic carbocycles. The average molecular weight is 212 g/mol. The monoisotopic (exact) mass is 211 g/mol. The molecule has 3 nitrogen and oxygen atoms in total. The van der Waals surface area contributed by atoms with Gasteiger partial charge in [-0.2, -0.15) is 0 Å². The molecule has 1 aromatic rings. The summed E-state index contributed by atoms with van der Waals surface area (Å²) in [6.45, 7) is 3.93. The van der Waals surface area contributed by atoms with Crippen LogP contribution in [-0.2, 0) is 0 Å². The van der Waals surface area contributed by atoms with Crippen molar-refractivity contribution in [1.82, 2.24) is 0 Å². The zero-order chi connectivity index (χ0) is 10.4. The molecule has 4 heteroatoms. The van der Waals surface area contributed by atoms with Crippen LogP contribution in [0.25, 0.3) is 0 Å². The first-order valence-corrected chi connectivity index (χ1v) is 4.36. The SMILES string of the molecule is C=CCOc1ccc(Cl)cc1/C=N\O. The Balaban J connectivity index is 2.95. The molecule has 1 N–H and O–H groups in total. The molecule has 0 spiro atoms. The van der Waals surface area contributed by atoms with Crippen molar-refractivity contribution in [3.8, 4) is 5.75 Å². The molecule has 0 aliphatic heterocycles. The Morgan fingerprint density at radius 3 is 3.00 bits per heavy atom. The van der Waals surface area contributed by atoms with Crippen molar-refractivity contribution < 1.29 is 9.94 Å². The van der Waals surface area contributed by atoms with Crippen molar-refractivity contribution >= 4 is 17.8 Å².